The quantitative estimate of drug-likeness (QED) is 0.496. The van der Waals surface area contributed by atoms with Crippen LogP contribution in [0.15, 0.2) is 30.3 Å². The Kier molecular flexibility index (Phi) is 4.94. The Morgan fingerprint density at radius 1 is 1.15 bits per heavy atom. The van der Waals surface area contributed by atoms with Crippen LogP contribution < -0.4 is 4.74 Å². The summed E-state index contributed by atoms with van der Waals surface area (Å²) in [5.74, 6) is 2.14. The van der Waals surface area contributed by atoms with Crippen LogP contribution in [-0.2, 0) is 12.8 Å². The van der Waals surface area contributed by atoms with Crippen molar-refractivity contribution in [1.82, 2.24) is 9.55 Å². The number of rotatable bonds is 7. The summed E-state index contributed by atoms with van der Waals surface area (Å²) in [6, 6.07) is 11.7. The first-order valence-electron chi connectivity index (χ1n) is 10.4. The van der Waals surface area contributed by atoms with E-state index in [1.165, 1.54) is 64.8 Å². The molecule has 2 aromatic carbocycles. The van der Waals surface area contributed by atoms with E-state index in [1.54, 1.807) is 7.11 Å². The van der Waals surface area contributed by atoms with Crippen LogP contribution in [0.2, 0.25) is 0 Å². The highest BCUT2D eigenvalue weighted by Crippen LogP contribution is 2.42. The summed E-state index contributed by atoms with van der Waals surface area (Å²) in [6.45, 7) is 6.66. The second-order valence-electron chi connectivity index (χ2n) is 7.73. The lowest BCUT2D eigenvalue weighted by molar-refractivity contribution is 0.414. The molecule has 0 radical (unpaired) electrons. The van der Waals surface area contributed by atoms with E-state index in [1.807, 2.05) is 0 Å². The first kappa shape index (κ1) is 18.1. The fourth-order valence-corrected chi connectivity index (χ4v) is 4.16. The molecule has 3 aromatic rings. The Morgan fingerprint density at radius 2 is 1.96 bits per heavy atom. The molecule has 142 valence electrons. The number of benzene rings is 2. The molecule has 0 N–H and O–H groups in total. The van der Waals surface area contributed by atoms with E-state index in [9.17, 15) is 0 Å². The first-order valence-corrected chi connectivity index (χ1v) is 10.4. The minimum Gasteiger partial charge on any atom is -0.497 e. The van der Waals surface area contributed by atoms with Gasteiger partial charge in [-0.15, -0.1) is 0 Å². The molecule has 0 unspecified atom stereocenters. The lowest BCUT2D eigenvalue weighted by atomic mass is 9.92. The number of fused-ring (bicyclic) bond motifs is 1. The third-order valence-corrected chi connectivity index (χ3v) is 5.75. The number of methoxy groups -OCH3 is 1. The zero-order valence-electron chi connectivity index (χ0n) is 17.0. The maximum absolute atomic E-state index is 5.43. The van der Waals surface area contributed by atoms with Crippen molar-refractivity contribution in [2.45, 2.75) is 65.3 Å². The molecule has 0 aliphatic heterocycles. The van der Waals surface area contributed by atoms with Gasteiger partial charge in [0.25, 0.3) is 0 Å². The standard InChI is InChI=1S/C24H30N2O/c1-5-7-8-17-9-14-21-24(25-22(6-2)26(21)18-10-11-18)23(17)20-13-12-19(27-4)15-16(20)3/h9,12-15,18H,5-8,10-11H2,1-4H3. The zero-order chi connectivity index (χ0) is 19.0. The fraction of sp³-hybridized carbons (Fsp3) is 0.458. The highest BCUT2D eigenvalue weighted by molar-refractivity contribution is 5.95. The highest BCUT2D eigenvalue weighted by Gasteiger charge is 2.29. The monoisotopic (exact) mass is 362 g/mol. The minimum atomic E-state index is 0.649. The predicted octanol–water partition coefficient (Wildman–Crippen LogP) is 6.26. The van der Waals surface area contributed by atoms with Gasteiger partial charge in [-0.1, -0.05) is 32.4 Å². The van der Waals surface area contributed by atoms with Crippen molar-refractivity contribution in [2.24, 2.45) is 0 Å². The Balaban J connectivity index is 1.97. The summed E-state index contributed by atoms with van der Waals surface area (Å²) in [5, 5.41) is 0. The highest BCUT2D eigenvalue weighted by atomic mass is 16.5. The second-order valence-corrected chi connectivity index (χ2v) is 7.73. The van der Waals surface area contributed by atoms with Crippen LogP contribution in [-0.4, -0.2) is 16.7 Å². The Morgan fingerprint density at radius 3 is 2.59 bits per heavy atom. The molecule has 1 heterocycles. The van der Waals surface area contributed by atoms with Gasteiger partial charge in [0.05, 0.1) is 18.1 Å². The van der Waals surface area contributed by atoms with Crippen LogP contribution in [0.25, 0.3) is 22.2 Å². The van der Waals surface area contributed by atoms with Gasteiger partial charge in [-0.25, -0.2) is 4.98 Å². The molecule has 0 atom stereocenters. The van der Waals surface area contributed by atoms with Crippen molar-refractivity contribution in [2.75, 3.05) is 7.11 Å². The van der Waals surface area contributed by atoms with Gasteiger partial charge in [0.1, 0.15) is 11.6 Å². The number of hydrogen-bond donors (Lipinski definition) is 0. The third kappa shape index (κ3) is 3.24. The number of nitrogens with zero attached hydrogens (tertiary/aromatic N) is 2. The second kappa shape index (κ2) is 7.38. The van der Waals surface area contributed by atoms with Gasteiger partial charge < -0.3 is 9.30 Å². The zero-order valence-corrected chi connectivity index (χ0v) is 17.0. The Labute approximate surface area is 162 Å². The van der Waals surface area contributed by atoms with Gasteiger partial charge in [0, 0.05) is 18.0 Å². The summed E-state index contributed by atoms with van der Waals surface area (Å²) < 4.78 is 7.93. The molecule has 0 spiro atoms. The molecule has 0 amide bonds. The SMILES string of the molecule is CCCCc1ccc2c(nc(CC)n2C2CC2)c1-c1ccc(OC)cc1C. The Bertz CT molecular complexity index is 966. The molecule has 3 nitrogen and oxygen atoms in total. The number of aromatic nitrogens is 2. The number of imidazole rings is 1. The average Bonchev–Trinajstić information content (AvgIpc) is 3.45. The molecule has 1 aliphatic rings. The van der Waals surface area contributed by atoms with Crippen molar-refractivity contribution in [3.05, 3.63) is 47.3 Å². The topological polar surface area (TPSA) is 27.1 Å². The van der Waals surface area contributed by atoms with Crippen molar-refractivity contribution >= 4 is 11.0 Å². The largest absolute Gasteiger partial charge is 0.497 e. The normalized spacial score (nSPS) is 14.1. The summed E-state index contributed by atoms with van der Waals surface area (Å²) >= 11 is 0. The lowest BCUT2D eigenvalue weighted by Crippen LogP contribution is -2.00. The van der Waals surface area contributed by atoms with E-state index in [-0.39, 0.29) is 0 Å². The van der Waals surface area contributed by atoms with Gasteiger partial charge in [0.15, 0.2) is 0 Å². The smallest absolute Gasteiger partial charge is 0.119 e. The fourth-order valence-electron chi connectivity index (χ4n) is 4.16. The van der Waals surface area contributed by atoms with Crippen LogP contribution >= 0.6 is 0 Å². The van der Waals surface area contributed by atoms with Crippen LogP contribution in [0.4, 0.5) is 0 Å². The number of ether oxygens (including phenoxy) is 1. The molecule has 1 aromatic heterocycles. The molecule has 0 saturated heterocycles. The molecule has 1 saturated carbocycles. The minimum absolute atomic E-state index is 0.649. The maximum atomic E-state index is 5.43. The van der Waals surface area contributed by atoms with Gasteiger partial charge in [-0.05, 0) is 67.5 Å². The van der Waals surface area contributed by atoms with Crippen LogP contribution in [0.3, 0.4) is 0 Å². The van der Waals surface area contributed by atoms with Crippen molar-refractivity contribution in [3.63, 3.8) is 0 Å². The first-order chi connectivity index (χ1) is 13.2. The van der Waals surface area contributed by atoms with E-state index < -0.39 is 0 Å². The van der Waals surface area contributed by atoms with Crippen molar-refractivity contribution < 1.29 is 4.74 Å². The maximum Gasteiger partial charge on any atom is 0.119 e. The summed E-state index contributed by atoms with van der Waals surface area (Å²) in [4.78, 5) is 5.15. The molecule has 1 fully saturated rings. The van der Waals surface area contributed by atoms with Crippen LogP contribution in [0.5, 0.6) is 5.75 Å². The van der Waals surface area contributed by atoms with E-state index in [2.05, 4.69) is 55.7 Å². The van der Waals surface area contributed by atoms with Crippen LogP contribution in [0, 0.1) is 6.92 Å². The summed E-state index contributed by atoms with van der Waals surface area (Å²) in [7, 11) is 1.73. The van der Waals surface area contributed by atoms with E-state index >= 15 is 0 Å². The number of aryl methyl sites for hydroxylation is 3. The molecule has 1 aliphatic carbocycles. The van der Waals surface area contributed by atoms with Gasteiger partial charge in [-0.3, -0.25) is 0 Å². The Hall–Kier alpha value is -2.29. The summed E-state index contributed by atoms with van der Waals surface area (Å²) in [5.41, 5.74) is 7.77. The molecule has 4 rings (SSSR count). The molecular weight excluding hydrogens is 332 g/mol. The van der Waals surface area contributed by atoms with E-state index in [4.69, 9.17) is 9.72 Å². The molecule has 0 bridgehead atoms. The number of unbranched alkanes of at least 4 members (excludes halogenated alkanes) is 1. The summed E-state index contributed by atoms with van der Waals surface area (Å²) in [6.07, 6.45) is 7.06. The van der Waals surface area contributed by atoms with Crippen LogP contribution in [0.1, 0.15) is 62.5 Å². The van der Waals surface area contributed by atoms with E-state index in [0.717, 1.165) is 18.6 Å². The average molecular weight is 363 g/mol. The van der Waals surface area contributed by atoms with Gasteiger partial charge in [0.2, 0.25) is 0 Å². The third-order valence-electron chi connectivity index (χ3n) is 5.75. The predicted molar refractivity (Wildman–Crippen MR) is 113 cm³/mol. The van der Waals surface area contributed by atoms with Crippen molar-refractivity contribution in [1.29, 1.82) is 0 Å². The van der Waals surface area contributed by atoms with E-state index in [0.29, 0.717) is 6.04 Å². The van der Waals surface area contributed by atoms with Gasteiger partial charge >= 0.3 is 0 Å². The van der Waals surface area contributed by atoms with Gasteiger partial charge in [-0.2, -0.15) is 0 Å². The molecule has 27 heavy (non-hydrogen) atoms. The lowest BCUT2D eigenvalue weighted by Gasteiger charge is -2.15. The van der Waals surface area contributed by atoms with Crippen molar-refractivity contribution in [3.8, 4) is 16.9 Å². The molecule has 3 heteroatoms. The number of hydrogen-bond acceptors (Lipinski definition) is 2. The molecular formula is C24H30N2O.